The molecule has 0 aliphatic heterocycles. The van der Waals surface area contributed by atoms with Crippen LogP contribution in [0.2, 0.25) is 0 Å². The third-order valence-corrected chi connectivity index (χ3v) is 1.58. The van der Waals surface area contributed by atoms with E-state index >= 15 is 0 Å². The fourth-order valence-electron chi connectivity index (χ4n) is 0.608. The van der Waals surface area contributed by atoms with Crippen LogP contribution in [0.4, 0.5) is 10.1 Å². The fourth-order valence-corrected chi connectivity index (χ4v) is 0.969. The second-order valence-corrected chi connectivity index (χ2v) is 2.68. The van der Waals surface area contributed by atoms with Gasteiger partial charge in [0.05, 0.1) is 5.69 Å². The minimum Gasteiger partial charge on any atom is -0.321 e. The molecule has 0 amide bonds. The molecule has 1 aromatic carbocycles. The van der Waals surface area contributed by atoms with Crippen molar-refractivity contribution in [3.63, 3.8) is 0 Å². The van der Waals surface area contributed by atoms with Gasteiger partial charge in [-0.3, -0.25) is 5.84 Å². The summed E-state index contributed by atoms with van der Waals surface area (Å²) < 4.78 is 13.4. The summed E-state index contributed by atoms with van der Waals surface area (Å²) >= 11 is 3.17. The molecule has 0 atom stereocenters. The highest BCUT2D eigenvalue weighted by Gasteiger charge is 1.98. The first-order valence-electron chi connectivity index (χ1n) is 2.65. The predicted molar refractivity (Wildman–Crippen MR) is 49.2 cm³/mol. The summed E-state index contributed by atoms with van der Waals surface area (Å²) in [7, 11) is 0. The summed E-state index contributed by atoms with van der Waals surface area (Å²) in [6.45, 7) is 0. The zero-order valence-corrected chi connectivity index (χ0v) is 7.88. The van der Waals surface area contributed by atoms with Crippen LogP contribution < -0.4 is 11.3 Å². The van der Waals surface area contributed by atoms with E-state index in [1.54, 1.807) is 12.1 Å². The third-order valence-electron chi connectivity index (χ3n) is 1.08. The second kappa shape index (κ2) is 4.54. The molecule has 0 saturated carbocycles. The normalized spacial score (nSPS) is 8.64. The molecule has 3 N–H and O–H groups in total. The maximum Gasteiger partial charge on any atom is 0.147 e. The monoisotopic (exact) mass is 240 g/mol. The maximum absolute atomic E-state index is 12.6. The van der Waals surface area contributed by atoms with Gasteiger partial charge in [-0.25, -0.2) is 4.39 Å². The van der Waals surface area contributed by atoms with Crippen molar-refractivity contribution < 1.29 is 4.39 Å². The molecular formula is C6H7BrClFN2. The van der Waals surface area contributed by atoms with Gasteiger partial charge in [0, 0.05) is 4.47 Å². The molecule has 0 aliphatic rings. The number of benzene rings is 1. The molecule has 0 spiro atoms. The molecule has 1 rings (SSSR count). The Morgan fingerprint density at radius 1 is 1.45 bits per heavy atom. The number of halogens is 3. The van der Waals surface area contributed by atoms with Crippen LogP contribution >= 0.6 is 28.3 Å². The van der Waals surface area contributed by atoms with Crippen LogP contribution in [0.15, 0.2) is 22.7 Å². The third kappa shape index (κ3) is 2.65. The van der Waals surface area contributed by atoms with E-state index in [-0.39, 0.29) is 23.9 Å². The smallest absolute Gasteiger partial charge is 0.147 e. The number of hydrogen-bond donors (Lipinski definition) is 2. The minimum absolute atomic E-state index is 0. The van der Waals surface area contributed by atoms with Gasteiger partial charge in [-0.1, -0.05) is 15.9 Å². The molecule has 0 aliphatic carbocycles. The Bertz CT molecular complexity index is 244. The molecule has 0 unspecified atom stereocenters. The lowest BCUT2D eigenvalue weighted by atomic mass is 10.3. The summed E-state index contributed by atoms with van der Waals surface area (Å²) in [5.74, 6) is 4.65. The second-order valence-electron chi connectivity index (χ2n) is 1.77. The van der Waals surface area contributed by atoms with Gasteiger partial charge in [-0.2, -0.15) is 0 Å². The Balaban J connectivity index is 0.000001000. The Morgan fingerprint density at radius 3 is 2.55 bits per heavy atom. The molecule has 1 aromatic rings. The average molecular weight is 241 g/mol. The summed E-state index contributed by atoms with van der Waals surface area (Å²) in [6, 6.07) is 4.50. The standard InChI is InChI=1S/C6H6BrFN2.ClH/c7-4-1-2-5(8)6(3-4)10-9;/h1-3,10H,9H2;1H. The minimum atomic E-state index is -0.356. The van der Waals surface area contributed by atoms with Gasteiger partial charge in [0.15, 0.2) is 0 Å². The molecule has 11 heavy (non-hydrogen) atoms. The zero-order chi connectivity index (χ0) is 7.56. The van der Waals surface area contributed by atoms with E-state index in [1.807, 2.05) is 0 Å². The molecule has 2 nitrogen and oxygen atoms in total. The fraction of sp³-hybridized carbons (Fsp3) is 0. The van der Waals surface area contributed by atoms with Crippen LogP contribution in [0.3, 0.4) is 0 Å². The van der Waals surface area contributed by atoms with Gasteiger partial charge in [0.1, 0.15) is 5.82 Å². The Kier molecular flexibility index (Phi) is 4.40. The summed E-state index contributed by atoms with van der Waals surface area (Å²) in [6.07, 6.45) is 0. The van der Waals surface area contributed by atoms with E-state index in [9.17, 15) is 4.39 Å². The van der Waals surface area contributed by atoms with Gasteiger partial charge >= 0.3 is 0 Å². The van der Waals surface area contributed by atoms with E-state index < -0.39 is 0 Å². The van der Waals surface area contributed by atoms with Crippen LogP contribution in [-0.2, 0) is 0 Å². The van der Waals surface area contributed by atoms with Crippen LogP contribution in [-0.4, -0.2) is 0 Å². The van der Waals surface area contributed by atoms with Gasteiger partial charge in [-0.05, 0) is 18.2 Å². The number of nitrogens with two attached hydrogens (primary N) is 1. The summed E-state index contributed by atoms with van der Waals surface area (Å²) in [5.41, 5.74) is 2.52. The van der Waals surface area contributed by atoms with Gasteiger partial charge < -0.3 is 5.43 Å². The number of rotatable bonds is 1. The van der Waals surface area contributed by atoms with Crippen molar-refractivity contribution in [1.29, 1.82) is 0 Å². The van der Waals surface area contributed by atoms with E-state index in [0.29, 0.717) is 0 Å². The van der Waals surface area contributed by atoms with Gasteiger partial charge in [0.25, 0.3) is 0 Å². The maximum atomic E-state index is 12.6. The average Bonchev–Trinajstić information content (AvgIpc) is 1.94. The highest BCUT2D eigenvalue weighted by Crippen LogP contribution is 2.18. The van der Waals surface area contributed by atoms with Crippen molar-refractivity contribution in [3.8, 4) is 0 Å². The largest absolute Gasteiger partial charge is 0.321 e. The molecule has 0 heterocycles. The van der Waals surface area contributed by atoms with E-state index in [0.717, 1.165) is 4.47 Å². The number of nitrogens with one attached hydrogen (secondary N) is 1. The SMILES string of the molecule is Cl.NNc1cc(Br)ccc1F. The van der Waals surface area contributed by atoms with Crippen molar-refractivity contribution in [3.05, 3.63) is 28.5 Å². The summed E-state index contributed by atoms with van der Waals surface area (Å²) in [5, 5.41) is 0. The Labute approximate surface area is 78.5 Å². The van der Waals surface area contributed by atoms with Gasteiger partial charge in [-0.15, -0.1) is 12.4 Å². The molecule has 0 saturated heterocycles. The lowest BCUT2D eigenvalue weighted by molar-refractivity contribution is 0.630. The number of hydrogen-bond acceptors (Lipinski definition) is 2. The van der Waals surface area contributed by atoms with E-state index in [4.69, 9.17) is 5.84 Å². The van der Waals surface area contributed by atoms with E-state index in [2.05, 4.69) is 21.4 Å². The molecule has 0 aromatic heterocycles. The van der Waals surface area contributed by atoms with Crippen LogP contribution in [0.25, 0.3) is 0 Å². The molecule has 5 heteroatoms. The van der Waals surface area contributed by atoms with Crippen molar-refractivity contribution in [2.75, 3.05) is 5.43 Å². The number of nitrogen functional groups attached to an aromatic ring is 1. The summed E-state index contributed by atoms with van der Waals surface area (Å²) in [4.78, 5) is 0. The highest BCUT2D eigenvalue weighted by atomic mass is 79.9. The molecule has 62 valence electrons. The molecular weight excluding hydrogens is 234 g/mol. The van der Waals surface area contributed by atoms with Gasteiger partial charge in [0.2, 0.25) is 0 Å². The first kappa shape index (κ1) is 10.7. The van der Waals surface area contributed by atoms with Crippen molar-refractivity contribution in [2.24, 2.45) is 5.84 Å². The topological polar surface area (TPSA) is 38.0 Å². The number of hydrazine groups is 1. The van der Waals surface area contributed by atoms with Crippen molar-refractivity contribution >= 4 is 34.0 Å². The molecule has 0 radical (unpaired) electrons. The zero-order valence-electron chi connectivity index (χ0n) is 5.47. The number of anilines is 1. The van der Waals surface area contributed by atoms with Crippen LogP contribution in [0, 0.1) is 5.82 Å². The molecule has 0 bridgehead atoms. The quantitative estimate of drug-likeness (QED) is 0.585. The molecule has 0 fully saturated rings. The Morgan fingerprint density at radius 2 is 2.09 bits per heavy atom. The van der Waals surface area contributed by atoms with Crippen LogP contribution in [0.1, 0.15) is 0 Å². The lowest BCUT2D eigenvalue weighted by Crippen LogP contribution is -2.08. The Hall–Kier alpha value is -0.320. The first-order valence-corrected chi connectivity index (χ1v) is 3.45. The predicted octanol–water partition coefficient (Wildman–Crippen LogP) is 2.30. The van der Waals surface area contributed by atoms with Crippen molar-refractivity contribution in [1.82, 2.24) is 0 Å². The van der Waals surface area contributed by atoms with Crippen LogP contribution in [0.5, 0.6) is 0 Å². The van der Waals surface area contributed by atoms with Crippen molar-refractivity contribution in [2.45, 2.75) is 0 Å². The first-order chi connectivity index (χ1) is 4.74. The lowest BCUT2D eigenvalue weighted by Gasteiger charge is -2.00. The van der Waals surface area contributed by atoms with E-state index in [1.165, 1.54) is 6.07 Å². The highest BCUT2D eigenvalue weighted by molar-refractivity contribution is 9.10.